The first-order valence-electron chi connectivity index (χ1n) is 19.3. The maximum atomic E-state index is 15.7. The summed E-state index contributed by atoms with van der Waals surface area (Å²) in [7, 11) is 1.24. The lowest BCUT2D eigenvalue weighted by Gasteiger charge is -2.46. The van der Waals surface area contributed by atoms with Crippen LogP contribution in [0.5, 0.6) is 5.75 Å². The van der Waals surface area contributed by atoms with E-state index in [1.54, 1.807) is 0 Å². The Bertz CT molecular complexity index is 2650. The van der Waals surface area contributed by atoms with Gasteiger partial charge >= 0.3 is 12.4 Å². The van der Waals surface area contributed by atoms with E-state index in [0.29, 0.717) is 12.4 Å². The third kappa shape index (κ3) is 10.1. The number of amides is 2. The fourth-order valence-electron chi connectivity index (χ4n) is 6.94. The van der Waals surface area contributed by atoms with Crippen LogP contribution in [-0.4, -0.2) is 52.2 Å². The number of nitrogens with zero attached hydrogens (tertiary/aromatic N) is 4. The van der Waals surface area contributed by atoms with E-state index in [1.807, 2.05) is 0 Å². The number of halogens is 10. The van der Waals surface area contributed by atoms with E-state index in [0.717, 1.165) is 88.7 Å². The highest BCUT2D eigenvalue weighted by molar-refractivity contribution is 6.32. The van der Waals surface area contributed by atoms with Gasteiger partial charge in [-0.1, -0.05) is 41.9 Å². The average Bonchev–Trinajstić information content (AvgIpc) is 3.27. The lowest BCUT2D eigenvalue weighted by molar-refractivity contribution is -0.188. The summed E-state index contributed by atoms with van der Waals surface area (Å²) in [5, 5.41) is 26.8. The number of aryl methyl sites for hydroxylation is 1. The summed E-state index contributed by atoms with van der Waals surface area (Å²) in [5.41, 5.74) is -10.9. The van der Waals surface area contributed by atoms with Gasteiger partial charge in [0.1, 0.15) is 23.2 Å². The zero-order valence-corrected chi connectivity index (χ0v) is 34.8. The minimum atomic E-state index is -4.74. The highest BCUT2D eigenvalue weighted by Crippen LogP contribution is 2.46. The van der Waals surface area contributed by atoms with Gasteiger partial charge in [0.2, 0.25) is 11.2 Å². The molecule has 0 spiro atoms. The molecule has 0 aliphatic carbocycles. The van der Waals surface area contributed by atoms with E-state index in [1.165, 1.54) is 44.4 Å². The van der Waals surface area contributed by atoms with Gasteiger partial charge in [0.25, 0.3) is 11.8 Å². The Morgan fingerprint density at radius 3 is 1.37 bits per heavy atom. The number of rotatable bonds is 14. The highest BCUT2D eigenvalue weighted by Gasteiger charge is 2.64. The van der Waals surface area contributed by atoms with Crippen LogP contribution < -0.4 is 14.5 Å². The number of aliphatic hydroxyl groups is 2. The van der Waals surface area contributed by atoms with Gasteiger partial charge in [-0.05, 0) is 96.4 Å². The van der Waals surface area contributed by atoms with Crippen molar-refractivity contribution in [1.29, 1.82) is 0 Å². The van der Waals surface area contributed by atoms with Gasteiger partial charge in [0, 0.05) is 67.2 Å². The molecule has 2 amide bonds. The SMILES string of the molecule is COc1cc(N(CCc2ccc(C(F)(F)F)cn2)C(=O)[C@](O)(c2ccc(F)cc2)[C@@](O)(C(=O)N(CCc2ccc(C(F)(F)F)cn2)c2ccc(C)c(F)c2)c2ccc(F)cc2)ccc1Cl. The quantitative estimate of drug-likeness (QED) is 0.105. The molecule has 0 radical (unpaired) electrons. The van der Waals surface area contributed by atoms with Crippen molar-refractivity contribution >= 4 is 34.8 Å². The van der Waals surface area contributed by atoms with Gasteiger partial charge < -0.3 is 24.7 Å². The molecule has 0 bridgehead atoms. The van der Waals surface area contributed by atoms with Crippen molar-refractivity contribution in [3.63, 3.8) is 0 Å². The third-order valence-electron chi connectivity index (χ3n) is 10.6. The Morgan fingerprint density at radius 1 is 0.600 bits per heavy atom. The zero-order chi connectivity index (χ0) is 47.5. The summed E-state index contributed by atoms with van der Waals surface area (Å²) < 4.78 is 130. The molecule has 6 aromatic rings. The first kappa shape index (κ1) is 48.0. The summed E-state index contributed by atoms with van der Waals surface area (Å²) >= 11 is 6.31. The number of carbonyl (C=O) groups is 2. The number of hydrogen-bond donors (Lipinski definition) is 2. The zero-order valence-electron chi connectivity index (χ0n) is 34.1. The molecule has 9 nitrogen and oxygen atoms in total. The molecule has 0 saturated carbocycles. The number of aromatic nitrogens is 2. The lowest BCUT2D eigenvalue weighted by Crippen LogP contribution is -2.66. The van der Waals surface area contributed by atoms with Crippen LogP contribution in [0.3, 0.4) is 0 Å². The minimum absolute atomic E-state index is 0.0105. The number of hydrogen-bond acceptors (Lipinski definition) is 7. The molecule has 2 heterocycles. The Hall–Kier alpha value is -6.50. The summed E-state index contributed by atoms with van der Waals surface area (Å²) in [5.74, 6) is -5.77. The largest absolute Gasteiger partial charge is 0.495 e. The number of alkyl halides is 6. The van der Waals surface area contributed by atoms with Gasteiger partial charge in [0.15, 0.2) is 0 Å². The molecule has 340 valence electrons. The van der Waals surface area contributed by atoms with Gasteiger partial charge in [-0.2, -0.15) is 26.3 Å². The van der Waals surface area contributed by atoms with E-state index >= 15 is 14.0 Å². The van der Waals surface area contributed by atoms with Crippen molar-refractivity contribution in [2.75, 3.05) is 30.0 Å². The van der Waals surface area contributed by atoms with Crippen molar-refractivity contribution in [2.45, 2.75) is 43.3 Å². The van der Waals surface area contributed by atoms with Crippen LogP contribution in [0.25, 0.3) is 0 Å². The molecule has 65 heavy (non-hydrogen) atoms. The normalized spacial score (nSPS) is 13.7. The summed E-state index contributed by atoms with van der Waals surface area (Å²) in [6.45, 7) is 0.249. The van der Waals surface area contributed by atoms with Crippen LogP contribution in [0.15, 0.2) is 122 Å². The second-order valence-corrected chi connectivity index (χ2v) is 15.1. The Kier molecular flexibility index (Phi) is 14.0. The molecule has 2 N–H and O–H groups in total. The molecule has 0 fully saturated rings. The van der Waals surface area contributed by atoms with Crippen LogP contribution in [-0.2, 0) is 46.0 Å². The molecule has 19 heteroatoms. The first-order chi connectivity index (χ1) is 30.6. The molecule has 4 aromatic carbocycles. The van der Waals surface area contributed by atoms with Gasteiger partial charge in [0.05, 0.1) is 23.3 Å². The van der Waals surface area contributed by atoms with Crippen LogP contribution >= 0.6 is 11.6 Å². The number of ether oxygens (including phenoxy) is 1. The lowest BCUT2D eigenvalue weighted by atomic mass is 9.71. The van der Waals surface area contributed by atoms with Gasteiger partial charge in [-0.15, -0.1) is 0 Å². The molecular formula is C46H36ClF9N4O5. The van der Waals surface area contributed by atoms with Gasteiger partial charge in [-0.25, -0.2) is 13.2 Å². The number of anilines is 2. The molecule has 2 atom stereocenters. The average molecular weight is 931 g/mol. The van der Waals surface area contributed by atoms with Crippen LogP contribution in [0.2, 0.25) is 5.02 Å². The van der Waals surface area contributed by atoms with E-state index < -0.39 is 88.2 Å². The fourth-order valence-corrected chi connectivity index (χ4v) is 7.14. The Balaban J connectivity index is 1.58. The van der Waals surface area contributed by atoms with Crippen LogP contribution in [0.1, 0.15) is 39.2 Å². The van der Waals surface area contributed by atoms with Crippen molar-refractivity contribution in [1.82, 2.24) is 9.97 Å². The van der Waals surface area contributed by atoms with Crippen molar-refractivity contribution < 1.29 is 64.1 Å². The minimum Gasteiger partial charge on any atom is -0.495 e. The second-order valence-electron chi connectivity index (χ2n) is 14.7. The van der Waals surface area contributed by atoms with E-state index in [9.17, 15) is 45.3 Å². The molecule has 2 aromatic heterocycles. The smallest absolute Gasteiger partial charge is 0.417 e. The first-order valence-corrected chi connectivity index (χ1v) is 19.7. The predicted octanol–water partition coefficient (Wildman–Crippen LogP) is 9.53. The van der Waals surface area contributed by atoms with Crippen molar-refractivity contribution in [3.05, 3.63) is 183 Å². The molecule has 0 aliphatic heterocycles. The predicted molar refractivity (Wildman–Crippen MR) is 220 cm³/mol. The maximum absolute atomic E-state index is 15.7. The second kappa shape index (κ2) is 18.9. The van der Waals surface area contributed by atoms with Gasteiger partial charge in [-0.3, -0.25) is 19.6 Å². The summed E-state index contributed by atoms with van der Waals surface area (Å²) in [6.07, 6.45) is -9.05. The number of carbonyl (C=O) groups excluding carboxylic acids is 2. The third-order valence-corrected chi connectivity index (χ3v) is 10.9. The Morgan fingerprint density at radius 2 is 1.00 bits per heavy atom. The van der Waals surface area contributed by atoms with Crippen molar-refractivity contribution in [3.8, 4) is 5.75 Å². The molecule has 6 rings (SSSR count). The standard InChI is InChI=1S/C46H36ClF9N4O5/c1-27-3-16-36(23-39(27)50)59(21-19-34-14-8-30(25-57-34)45(51,52)53)41(61)43(63,28-4-10-32(48)11-5-28)44(64,29-6-12-33(49)13-7-29)42(62)60(37-17-18-38(47)40(24-37)65-2)22-20-35-15-9-31(26-58-35)46(54,55)56/h3-18,23-26,63-64H,19-22H2,1-2H3/t43-,44+/m0/s1. The number of pyridine rings is 2. The molecular weight excluding hydrogens is 895 g/mol. The maximum Gasteiger partial charge on any atom is 0.417 e. The molecule has 0 unspecified atom stereocenters. The van der Waals surface area contributed by atoms with Crippen molar-refractivity contribution in [2.24, 2.45) is 0 Å². The highest BCUT2D eigenvalue weighted by atomic mass is 35.5. The molecule has 0 saturated heterocycles. The molecule has 0 aliphatic rings. The van der Waals surface area contributed by atoms with Crippen LogP contribution in [0, 0.1) is 24.4 Å². The topological polar surface area (TPSA) is 116 Å². The fraction of sp³-hybridized carbons (Fsp3) is 0.217. The summed E-state index contributed by atoms with van der Waals surface area (Å²) in [4.78, 5) is 40.5. The summed E-state index contributed by atoms with van der Waals surface area (Å²) in [6, 6.07) is 17.5. The number of benzene rings is 4. The monoisotopic (exact) mass is 930 g/mol. The van der Waals surface area contributed by atoms with E-state index in [2.05, 4.69) is 9.97 Å². The van der Waals surface area contributed by atoms with E-state index in [4.69, 9.17) is 16.3 Å². The van der Waals surface area contributed by atoms with Crippen LogP contribution in [0.4, 0.5) is 50.9 Å². The van der Waals surface area contributed by atoms with E-state index in [-0.39, 0.29) is 51.9 Å². The Labute approximate surface area is 370 Å². The number of methoxy groups -OCH3 is 1.